The first-order valence-electron chi connectivity index (χ1n) is 4.60. The van der Waals surface area contributed by atoms with Crippen molar-refractivity contribution >= 4 is 0 Å². The van der Waals surface area contributed by atoms with E-state index >= 15 is 0 Å². The summed E-state index contributed by atoms with van der Waals surface area (Å²) in [5, 5.41) is 7.97. The van der Waals surface area contributed by atoms with Crippen LogP contribution in [0.25, 0.3) is 0 Å². The van der Waals surface area contributed by atoms with Crippen LogP contribution in [-0.2, 0) is 0 Å². The highest BCUT2D eigenvalue weighted by atomic mass is 15.1. The predicted octanol–water partition coefficient (Wildman–Crippen LogP) is 3.28. The molecule has 2 nitrogen and oxygen atoms in total. The van der Waals surface area contributed by atoms with E-state index in [1.807, 2.05) is 13.8 Å². The monoisotopic (exact) mass is 156 g/mol. The van der Waals surface area contributed by atoms with Gasteiger partial charge in [0.1, 0.15) is 0 Å². The highest BCUT2D eigenvalue weighted by Crippen LogP contribution is 2.28. The molecule has 1 heterocycles. The van der Waals surface area contributed by atoms with Crippen LogP contribution in [-0.4, -0.2) is 13.1 Å². The van der Waals surface area contributed by atoms with E-state index in [0.29, 0.717) is 5.41 Å². The van der Waals surface area contributed by atoms with Gasteiger partial charge < -0.3 is 0 Å². The van der Waals surface area contributed by atoms with Crippen molar-refractivity contribution in [1.29, 1.82) is 0 Å². The summed E-state index contributed by atoms with van der Waals surface area (Å²) >= 11 is 0. The summed E-state index contributed by atoms with van der Waals surface area (Å²) in [7, 11) is 0. The van der Waals surface area contributed by atoms with E-state index in [1.165, 1.54) is 12.8 Å². The molecule has 0 fully saturated rings. The first-order valence-corrected chi connectivity index (χ1v) is 4.60. The van der Waals surface area contributed by atoms with Crippen molar-refractivity contribution in [3.63, 3.8) is 0 Å². The molecule has 0 amide bonds. The maximum Gasteiger partial charge on any atom is 0.0653 e. The van der Waals surface area contributed by atoms with Gasteiger partial charge in [-0.2, -0.15) is 10.2 Å². The molecular weight excluding hydrogens is 136 g/mol. The smallest absolute Gasteiger partial charge is 0.0653 e. The van der Waals surface area contributed by atoms with Crippen LogP contribution in [0.1, 0.15) is 40.5 Å². The molecule has 66 valence electrons. The maximum absolute atomic E-state index is 4.03. The molecule has 1 unspecified atom stereocenters. The third-order valence-corrected chi connectivity index (χ3v) is 2.22. The van der Waals surface area contributed by atoms with Crippen molar-refractivity contribution in [1.82, 2.24) is 0 Å². The molecule has 1 aliphatic rings. The lowest BCUT2D eigenvalue weighted by molar-refractivity contribution is 0.274. The van der Waals surface area contributed by atoms with E-state index < -0.39 is 0 Å². The highest BCUT2D eigenvalue weighted by Gasteiger charge is 2.23. The Bertz CT molecular complexity index is 121. The van der Waals surface area contributed by atoms with E-state index in [0.717, 1.165) is 13.1 Å². The molecule has 0 aromatic carbocycles. The van der Waals surface area contributed by atoms with E-state index in [-0.39, 0.29) is 0 Å². The fourth-order valence-electron chi connectivity index (χ4n) is 0.979. The fourth-order valence-corrected chi connectivity index (χ4v) is 0.979. The first kappa shape index (κ1) is 10.6. The van der Waals surface area contributed by atoms with Gasteiger partial charge in [-0.3, -0.25) is 0 Å². The molecule has 0 bridgehead atoms. The highest BCUT2D eigenvalue weighted by molar-refractivity contribution is 4.77. The van der Waals surface area contributed by atoms with Crippen LogP contribution in [0.5, 0.6) is 0 Å². The minimum absolute atomic E-state index is 0.460. The number of hydrogen-bond acceptors (Lipinski definition) is 2. The zero-order chi connectivity index (χ0) is 8.74. The number of hydrogen-bond donors (Lipinski definition) is 0. The summed E-state index contributed by atoms with van der Waals surface area (Å²) in [6, 6.07) is 0. The van der Waals surface area contributed by atoms with Crippen molar-refractivity contribution in [2.24, 2.45) is 15.6 Å². The molecule has 1 atom stereocenters. The second kappa shape index (κ2) is 5.28. The lowest BCUT2D eigenvalue weighted by atomic mass is 9.84. The average molecular weight is 156 g/mol. The van der Waals surface area contributed by atoms with Crippen molar-refractivity contribution < 1.29 is 0 Å². The molecule has 2 heteroatoms. The Hall–Kier alpha value is -0.400. The normalized spacial score (nSPS) is 29.1. The van der Waals surface area contributed by atoms with Gasteiger partial charge in [-0.05, 0) is 18.3 Å². The van der Waals surface area contributed by atoms with Gasteiger partial charge in [0.25, 0.3) is 0 Å². The molecule has 0 aromatic heterocycles. The molecule has 1 rings (SSSR count). The molecule has 1 aliphatic heterocycles. The molecule has 0 radical (unpaired) electrons. The third-order valence-electron chi connectivity index (χ3n) is 2.22. The Balaban J connectivity index is 0.000000461. The van der Waals surface area contributed by atoms with Gasteiger partial charge in [0, 0.05) is 0 Å². The van der Waals surface area contributed by atoms with Gasteiger partial charge in [-0.25, -0.2) is 0 Å². The third kappa shape index (κ3) is 3.49. The van der Waals surface area contributed by atoms with Crippen LogP contribution in [0.4, 0.5) is 0 Å². The van der Waals surface area contributed by atoms with Gasteiger partial charge in [-0.1, -0.05) is 27.7 Å². The van der Waals surface area contributed by atoms with E-state index in [4.69, 9.17) is 0 Å². The Labute approximate surface area is 70.1 Å². The molecule has 0 N–H and O–H groups in total. The summed E-state index contributed by atoms with van der Waals surface area (Å²) in [5.74, 6) is 0. The van der Waals surface area contributed by atoms with Gasteiger partial charge >= 0.3 is 0 Å². The zero-order valence-electron chi connectivity index (χ0n) is 8.22. The zero-order valence-corrected chi connectivity index (χ0v) is 8.22. The summed E-state index contributed by atoms with van der Waals surface area (Å²) in [4.78, 5) is 0. The Morgan fingerprint density at radius 3 is 2.18 bits per heavy atom. The topological polar surface area (TPSA) is 24.7 Å². The summed E-state index contributed by atoms with van der Waals surface area (Å²) in [6.45, 7) is 10.4. The van der Waals surface area contributed by atoms with Crippen LogP contribution in [0.15, 0.2) is 10.2 Å². The van der Waals surface area contributed by atoms with Crippen LogP contribution < -0.4 is 0 Å². The van der Waals surface area contributed by atoms with Gasteiger partial charge in [0.15, 0.2) is 0 Å². The van der Waals surface area contributed by atoms with Gasteiger partial charge in [0.05, 0.1) is 13.1 Å². The minimum atomic E-state index is 0.460. The molecule has 0 aromatic rings. The first-order chi connectivity index (χ1) is 5.27. The van der Waals surface area contributed by atoms with Gasteiger partial charge in [-0.15, -0.1) is 0 Å². The molecule has 0 saturated carbocycles. The minimum Gasteiger partial charge on any atom is -0.194 e. The van der Waals surface area contributed by atoms with Crippen molar-refractivity contribution in [3.05, 3.63) is 0 Å². The van der Waals surface area contributed by atoms with Crippen molar-refractivity contribution in [2.45, 2.75) is 40.5 Å². The second-order valence-corrected chi connectivity index (χ2v) is 3.08. The molecule has 0 saturated heterocycles. The molecule has 0 aliphatic carbocycles. The largest absolute Gasteiger partial charge is 0.194 e. The Kier molecular flexibility index (Phi) is 5.08. The van der Waals surface area contributed by atoms with Crippen LogP contribution >= 0.6 is 0 Å². The maximum atomic E-state index is 4.03. The molecule has 11 heavy (non-hydrogen) atoms. The standard InChI is InChI=1S/C7H14N2.C2H6/c1-3-7(2)4-5-8-9-6-7;1-2/h3-6H2,1-2H3;1-2H3. The van der Waals surface area contributed by atoms with Crippen molar-refractivity contribution in [3.8, 4) is 0 Å². The number of rotatable bonds is 1. The Morgan fingerprint density at radius 1 is 1.27 bits per heavy atom. The van der Waals surface area contributed by atoms with Crippen molar-refractivity contribution in [2.75, 3.05) is 13.1 Å². The quantitative estimate of drug-likeness (QED) is 0.556. The summed E-state index contributed by atoms with van der Waals surface area (Å²) in [6.07, 6.45) is 2.44. The molecule has 0 spiro atoms. The summed E-state index contributed by atoms with van der Waals surface area (Å²) < 4.78 is 0. The lowest BCUT2D eigenvalue weighted by Crippen LogP contribution is -2.22. The number of azo groups is 1. The van der Waals surface area contributed by atoms with Gasteiger partial charge in [0.2, 0.25) is 0 Å². The Morgan fingerprint density at radius 2 is 1.91 bits per heavy atom. The summed E-state index contributed by atoms with van der Waals surface area (Å²) in [5.41, 5.74) is 0.460. The van der Waals surface area contributed by atoms with E-state index in [9.17, 15) is 0 Å². The average Bonchev–Trinajstić information content (AvgIpc) is 2.10. The second-order valence-electron chi connectivity index (χ2n) is 3.08. The lowest BCUT2D eigenvalue weighted by Gasteiger charge is -2.26. The fraction of sp³-hybridized carbons (Fsp3) is 1.00. The van der Waals surface area contributed by atoms with E-state index in [2.05, 4.69) is 24.1 Å². The van der Waals surface area contributed by atoms with Crippen LogP contribution in [0, 0.1) is 5.41 Å². The van der Waals surface area contributed by atoms with Crippen LogP contribution in [0.3, 0.4) is 0 Å². The predicted molar refractivity (Wildman–Crippen MR) is 49.0 cm³/mol. The van der Waals surface area contributed by atoms with E-state index in [1.54, 1.807) is 0 Å². The number of nitrogens with zero attached hydrogens (tertiary/aromatic N) is 2. The van der Waals surface area contributed by atoms with Crippen LogP contribution in [0.2, 0.25) is 0 Å². The SMILES string of the molecule is CC.CCC1(C)CCN=NC1. The molecular formula is C9H20N2.